The number of nitrogens with zero attached hydrogens (tertiary/aromatic N) is 2. The predicted octanol–water partition coefficient (Wildman–Crippen LogP) is 4.36. The lowest BCUT2D eigenvalue weighted by molar-refractivity contribution is 0.285. The minimum atomic E-state index is 0.192. The van der Waals surface area contributed by atoms with Gasteiger partial charge in [-0.25, -0.2) is 4.98 Å². The first-order chi connectivity index (χ1) is 12.6. The highest BCUT2D eigenvalue weighted by Crippen LogP contribution is 2.22. The van der Waals surface area contributed by atoms with Gasteiger partial charge in [0.15, 0.2) is 0 Å². The second-order valence-electron chi connectivity index (χ2n) is 6.95. The summed E-state index contributed by atoms with van der Waals surface area (Å²) in [7, 11) is 0. The number of imidazole rings is 1. The molecule has 0 amide bonds. The number of aliphatic hydroxyl groups excluding tert-OH is 1. The molecule has 4 heteroatoms. The number of ether oxygens (including phenoxy) is 1. The molecule has 2 aromatic carbocycles. The Morgan fingerprint density at radius 1 is 1.04 bits per heavy atom. The summed E-state index contributed by atoms with van der Waals surface area (Å²) in [5.41, 5.74) is 5.97. The molecule has 0 radical (unpaired) electrons. The van der Waals surface area contributed by atoms with Crippen LogP contribution in [0.15, 0.2) is 36.4 Å². The van der Waals surface area contributed by atoms with E-state index in [2.05, 4.69) is 49.6 Å². The maximum Gasteiger partial charge on any atom is 0.119 e. The van der Waals surface area contributed by atoms with E-state index in [4.69, 9.17) is 9.72 Å². The molecular weight excluding hydrogens is 324 g/mol. The van der Waals surface area contributed by atoms with Gasteiger partial charge in [0.1, 0.15) is 11.6 Å². The summed E-state index contributed by atoms with van der Waals surface area (Å²) in [6.45, 7) is 8.07. The van der Waals surface area contributed by atoms with E-state index in [9.17, 15) is 5.11 Å². The van der Waals surface area contributed by atoms with Crippen LogP contribution in [0.1, 0.15) is 35.4 Å². The molecule has 1 N–H and O–H groups in total. The average molecular weight is 352 g/mol. The molecule has 1 heterocycles. The third-order valence-corrected chi connectivity index (χ3v) is 4.79. The molecule has 0 atom stereocenters. The lowest BCUT2D eigenvalue weighted by Gasteiger charge is -2.11. The standard InChI is InChI=1S/C22H28N2O2/c1-16-7-4-8-19(13-16)26-12-6-10-24-21-15-18(3)17(2)14-20(21)23-22(24)9-5-11-25/h4,7-8,13-15,25H,5-6,9-12H2,1-3H3. The summed E-state index contributed by atoms with van der Waals surface area (Å²) < 4.78 is 8.18. The van der Waals surface area contributed by atoms with Gasteiger partial charge in [-0.15, -0.1) is 0 Å². The second kappa shape index (κ2) is 8.37. The number of hydrogen-bond acceptors (Lipinski definition) is 3. The molecule has 0 fully saturated rings. The van der Waals surface area contributed by atoms with Crippen molar-refractivity contribution >= 4 is 11.0 Å². The molecule has 1 aromatic heterocycles. The van der Waals surface area contributed by atoms with Crippen LogP contribution in [0, 0.1) is 20.8 Å². The molecule has 0 bridgehead atoms. The van der Waals surface area contributed by atoms with Crippen LogP contribution in [0.3, 0.4) is 0 Å². The maximum atomic E-state index is 9.19. The fourth-order valence-electron chi connectivity index (χ4n) is 3.23. The Morgan fingerprint density at radius 3 is 2.62 bits per heavy atom. The van der Waals surface area contributed by atoms with Crippen LogP contribution in [-0.2, 0) is 13.0 Å². The zero-order valence-corrected chi connectivity index (χ0v) is 16.0. The fraction of sp³-hybridized carbons (Fsp3) is 0.409. The lowest BCUT2D eigenvalue weighted by atomic mass is 10.1. The first kappa shape index (κ1) is 18.5. The van der Waals surface area contributed by atoms with Crippen molar-refractivity contribution in [3.8, 4) is 5.75 Å². The van der Waals surface area contributed by atoms with Crippen molar-refractivity contribution in [3.05, 3.63) is 58.9 Å². The summed E-state index contributed by atoms with van der Waals surface area (Å²) in [5.74, 6) is 1.97. The lowest BCUT2D eigenvalue weighted by Crippen LogP contribution is -2.08. The van der Waals surface area contributed by atoms with Crippen LogP contribution in [0.2, 0.25) is 0 Å². The number of fused-ring (bicyclic) bond motifs is 1. The van der Waals surface area contributed by atoms with Crippen LogP contribution in [0.4, 0.5) is 0 Å². The molecule has 4 nitrogen and oxygen atoms in total. The van der Waals surface area contributed by atoms with Crippen molar-refractivity contribution in [2.24, 2.45) is 0 Å². The number of benzene rings is 2. The number of rotatable bonds is 8. The molecule has 0 aliphatic rings. The van der Waals surface area contributed by atoms with Gasteiger partial charge in [0.05, 0.1) is 17.6 Å². The van der Waals surface area contributed by atoms with Crippen LogP contribution in [0.25, 0.3) is 11.0 Å². The van der Waals surface area contributed by atoms with E-state index in [0.717, 1.165) is 42.9 Å². The van der Waals surface area contributed by atoms with Gasteiger partial charge in [0.25, 0.3) is 0 Å². The Morgan fingerprint density at radius 2 is 1.85 bits per heavy atom. The SMILES string of the molecule is Cc1cccc(OCCCn2c(CCCO)nc3cc(C)c(C)cc32)c1. The summed E-state index contributed by atoms with van der Waals surface area (Å²) >= 11 is 0. The quantitative estimate of drug-likeness (QED) is 0.613. The molecule has 0 aliphatic heterocycles. The van der Waals surface area contributed by atoms with E-state index in [0.29, 0.717) is 6.61 Å². The van der Waals surface area contributed by atoms with Crippen molar-refractivity contribution in [2.45, 2.75) is 46.6 Å². The fourth-order valence-corrected chi connectivity index (χ4v) is 3.23. The minimum Gasteiger partial charge on any atom is -0.494 e. The molecule has 26 heavy (non-hydrogen) atoms. The van der Waals surface area contributed by atoms with E-state index < -0.39 is 0 Å². The smallest absolute Gasteiger partial charge is 0.119 e. The zero-order chi connectivity index (χ0) is 18.5. The molecule has 3 rings (SSSR count). The number of hydrogen-bond donors (Lipinski definition) is 1. The number of aromatic nitrogens is 2. The maximum absolute atomic E-state index is 9.19. The van der Waals surface area contributed by atoms with Gasteiger partial charge in [-0.3, -0.25) is 0 Å². The highest BCUT2D eigenvalue weighted by Gasteiger charge is 2.12. The van der Waals surface area contributed by atoms with Gasteiger partial charge in [-0.1, -0.05) is 12.1 Å². The number of aryl methyl sites for hydroxylation is 5. The second-order valence-corrected chi connectivity index (χ2v) is 6.95. The largest absolute Gasteiger partial charge is 0.494 e. The van der Waals surface area contributed by atoms with Gasteiger partial charge in [-0.05, 0) is 74.6 Å². The molecular formula is C22H28N2O2. The van der Waals surface area contributed by atoms with Crippen molar-refractivity contribution in [2.75, 3.05) is 13.2 Å². The van der Waals surface area contributed by atoms with E-state index in [-0.39, 0.29) is 6.61 Å². The summed E-state index contributed by atoms with van der Waals surface area (Å²) in [5, 5.41) is 9.19. The first-order valence-corrected chi connectivity index (χ1v) is 9.35. The Kier molecular flexibility index (Phi) is 5.94. The average Bonchev–Trinajstić information content (AvgIpc) is 2.94. The van der Waals surface area contributed by atoms with Crippen LogP contribution in [0.5, 0.6) is 5.75 Å². The van der Waals surface area contributed by atoms with Crippen LogP contribution in [-0.4, -0.2) is 27.9 Å². The van der Waals surface area contributed by atoms with Gasteiger partial charge in [-0.2, -0.15) is 0 Å². The van der Waals surface area contributed by atoms with Crippen LogP contribution >= 0.6 is 0 Å². The first-order valence-electron chi connectivity index (χ1n) is 9.35. The van der Waals surface area contributed by atoms with Gasteiger partial charge in [0, 0.05) is 19.6 Å². The Balaban J connectivity index is 1.73. The van der Waals surface area contributed by atoms with Gasteiger partial charge in [0.2, 0.25) is 0 Å². The number of aliphatic hydroxyl groups is 1. The van der Waals surface area contributed by atoms with Crippen molar-refractivity contribution in [3.63, 3.8) is 0 Å². The van der Waals surface area contributed by atoms with Gasteiger partial charge < -0.3 is 14.4 Å². The van der Waals surface area contributed by atoms with E-state index in [1.807, 2.05) is 12.1 Å². The molecule has 0 unspecified atom stereocenters. The third kappa shape index (κ3) is 4.25. The van der Waals surface area contributed by atoms with Crippen molar-refractivity contribution < 1.29 is 9.84 Å². The molecule has 3 aromatic rings. The Hall–Kier alpha value is -2.33. The Labute approximate surface area is 155 Å². The minimum absolute atomic E-state index is 0.192. The summed E-state index contributed by atoms with van der Waals surface area (Å²) in [4.78, 5) is 4.81. The van der Waals surface area contributed by atoms with Crippen molar-refractivity contribution in [1.82, 2.24) is 9.55 Å². The highest BCUT2D eigenvalue weighted by atomic mass is 16.5. The molecule has 0 spiro atoms. The zero-order valence-electron chi connectivity index (χ0n) is 16.0. The molecule has 0 saturated heterocycles. The topological polar surface area (TPSA) is 47.3 Å². The van der Waals surface area contributed by atoms with Crippen LogP contribution < -0.4 is 4.74 Å². The van der Waals surface area contributed by atoms with E-state index >= 15 is 0 Å². The molecule has 0 aliphatic carbocycles. The summed E-state index contributed by atoms with van der Waals surface area (Å²) in [6.07, 6.45) is 2.45. The monoisotopic (exact) mass is 352 g/mol. The van der Waals surface area contributed by atoms with E-state index in [1.165, 1.54) is 22.2 Å². The predicted molar refractivity (Wildman–Crippen MR) is 106 cm³/mol. The normalized spacial score (nSPS) is 11.2. The van der Waals surface area contributed by atoms with Crippen molar-refractivity contribution in [1.29, 1.82) is 0 Å². The highest BCUT2D eigenvalue weighted by molar-refractivity contribution is 5.78. The molecule has 138 valence electrons. The third-order valence-electron chi connectivity index (χ3n) is 4.79. The van der Waals surface area contributed by atoms with Gasteiger partial charge >= 0.3 is 0 Å². The van der Waals surface area contributed by atoms with E-state index in [1.54, 1.807) is 0 Å². The summed E-state index contributed by atoms with van der Waals surface area (Å²) in [6, 6.07) is 12.5. The molecule has 0 saturated carbocycles. The Bertz CT molecular complexity index is 883.